The first-order chi connectivity index (χ1) is 9.70. The number of nitriles is 1. The second-order valence-corrected chi connectivity index (χ2v) is 5.11. The average molecular weight is 279 g/mol. The van der Waals surface area contributed by atoms with E-state index in [9.17, 15) is 8.78 Å². The summed E-state index contributed by atoms with van der Waals surface area (Å²) in [6.07, 6.45) is -0.447. The van der Waals surface area contributed by atoms with E-state index in [0.717, 1.165) is 25.7 Å². The van der Waals surface area contributed by atoms with Gasteiger partial charge in [-0.05, 0) is 6.07 Å². The molecule has 1 N–H and O–H groups in total. The van der Waals surface area contributed by atoms with Gasteiger partial charge < -0.3 is 10.1 Å². The average Bonchev–Trinajstić information content (AvgIpc) is 2.47. The maximum absolute atomic E-state index is 14.2. The van der Waals surface area contributed by atoms with Gasteiger partial charge >= 0.3 is 0 Å². The first-order valence-electron chi connectivity index (χ1n) is 6.65. The third-order valence-electron chi connectivity index (χ3n) is 3.94. The van der Waals surface area contributed by atoms with Crippen LogP contribution in [0, 0.1) is 23.0 Å². The molecule has 0 amide bonds. The Labute approximate surface area is 115 Å². The Balaban J connectivity index is 1.85. The van der Waals surface area contributed by atoms with Crippen LogP contribution in [0.1, 0.15) is 17.2 Å². The van der Waals surface area contributed by atoms with Crippen molar-refractivity contribution in [2.24, 2.45) is 0 Å². The molecular formula is C14H15F2N3O. The standard InChI is InChI=1S/C14H15F2N3O/c15-12-2-1-10(14(16)11(12)5-17)13-7-19-4-3-18-6-9(19)8-20-13/h1-2,9,13,18H,3-4,6-8H2. The van der Waals surface area contributed by atoms with Gasteiger partial charge in [-0.1, -0.05) is 6.07 Å². The summed E-state index contributed by atoms with van der Waals surface area (Å²) < 4.78 is 33.2. The van der Waals surface area contributed by atoms with Crippen LogP contribution in [-0.2, 0) is 4.74 Å². The number of piperazine rings is 1. The number of fused-ring (bicyclic) bond motifs is 1. The molecule has 0 spiro atoms. The third-order valence-corrected chi connectivity index (χ3v) is 3.94. The first kappa shape index (κ1) is 13.4. The Bertz CT molecular complexity index is 558. The largest absolute Gasteiger partial charge is 0.370 e. The second-order valence-electron chi connectivity index (χ2n) is 5.11. The molecule has 4 nitrogen and oxygen atoms in total. The minimum absolute atomic E-state index is 0.264. The van der Waals surface area contributed by atoms with Crippen molar-refractivity contribution in [2.45, 2.75) is 12.1 Å². The topological polar surface area (TPSA) is 48.3 Å². The molecular weight excluding hydrogens is 264 g/mol. The molecule has 2 atom stereocenters. The quantitative estimate of drug-likeness (QED) is 0.838. The van der Waals surface area contributed by atoms with Crippen LogP contribution in [0.3, 0.4) is 0 Å². The highest BCUT2D eigenvalue weighted by Gasteiger charge is 2.33. The van der Waals surface area contributed by atoms with Crippen LogP contribution in [0.4, 0.5) is 8.78 Å². The van der Waals surface area contributed by atoms with Crippen molar-refractivity contribution in [1.29, 1.82) is 5.26 Å². The molecule has 0 bridgehead atoms. The number of hydrogen-bond acceptors (Lipinski definition) is 4. The summed E-state index contributed by atoms with van der Waals surface area (Å²) in [6, 6.07) is 4.38. The second kappa shape index (κ2) is 5.44. The minimum atomic E-state index is -0.829. The van der Waals surface area contributed by atoms with Gasteiger partial charge in [0.05, 0.1) is 12.7 Å². The zero-order valence-corrected chi connectivity index (χ0v) is 10.9. The molecule has 6 heteroatoms. The highest BCUT2D eigenvalue weighted by molar-refractivity contribution is 5.37. The van der Waals surface area contributed by atoms with E-state index in [1.54, 1.807) is 6.07 Å². The zero-order chi connectivity index (χ0) is 14.1. The van der Waals surface area contributed by atoms with Crippen LogP contribution >= 0.6 is 0 Å². The first-order valence-corrected chi connectivity index (χ1v) is 6.65. The molecule has 0 radical (unpaired) electrons. The molecule has 2 aliphatic heterocycles. The van der Waals surface area contributed by atoms with Gasteiger partial charge in [-0.3, -0.25) is 4.90 Å². The summed E-state index contributed by atoms with van der Waals surface area (Å²) in [6.45, 7) is 3.73. The smallest absolute Gasteiger partial charge is 0.149 e. The monoisotopic (exact) mass is 279 g/mol. The fourth-order valence-corrected chi connectivity index (χ4v) is 2.81. The molecule has 0 saturated carbocycles. The van der Waals surface area contributed by atoms with Crippen LogP contribution in [0.5, 0.6) is 0 Å². The normalized spacial score (nSPS) is 26.9. The van der Waals surface area contributed by atoms with Crippen molar-refractivity contribution < 1.29 is 13.5 Å². The maximum atomic E-state index is 14.2. The van der Waals surface area contributed by atoms with E-state index in [0.29, 0.717) is 19.2 Å². The van der Waals surface area contributed by atoms with Gasteiger partial charge in [0.2, 0.25) is 0 Å². The van der Waals surface area contributed by atoms with Gasteiger partial charge in [0, 0.05) is 37.8 Å². The van der Waals surface area contributed by atoms with Crippen molar-refractivity contribution in [1.82, 2.24) is 10.2 Å². The molecule has 2 heterocycles. The van der Waals surface area contributed by atoms with E-state index in [4.69, 9.17) is 10.00 Å². The molecule has 0 aliphatic carbocycles. The Morgan fingerprint density at radius 1 is 1.40 bits per heavy atom. The molecule has 2 unspecified atom stereocenters. The summed E-state index contributed by atoms with van der Waals surface area (Å²) in [5.74, 6) is -1.63. The lowest BCUT2D eigenvalue weighted by Crippen LogP contribution is -2.57. The molecule has 1 aromatic carbocycles. The highest BCUT2D eigenvalue weighted by Crippen LogP contribution is 2.29. The fourth-order valence-electron chi connectivity index (χ4n) is 2.81. The lowest BCUT2D eigenvalue weighted by Gasteiger charge is -2.42. The molecule has 106 valence electrons. The SMILES string of the molecule is N#Cc1c(F)ccc(C2CN3CCNCC3CO2)c1F. The number of nitrogens with one attached hydrogen (secondary N) is 1. The van der Waals surface area contributed by atoms with E-state index in [1.807, 2.05) is 0 Å². The lowest BCUT2D eigenvalue weighted by molar-refractivity contribution is -0.0730. The predicted octanol–water partition coefficient (Wildman–Crippen LogP) is 1.18. The van der Waals surface area contributed by atoms with Gasteiger partial charge in [0.25, 0.3) is 0 Å². The molecule has 1 aromatic rings. The van der Waals surface area contributed by atoms with Crippen molar-refractivity contribution >= 4 is 0 Å². The van der Waals surface area contributed by atoms with E-state index < -0.39 is 23.3 Å². The molecule has 2 fully saturated rings. The summed E-state index contributed by atoms with van der Waals surface area (Å²) in [5.41, 5.74) is -0.270. The van der Waals surface area contributed by atoms with E-state index in [1.165, 1.54) is 6.07 Å². The van der Waals surface area contributed by atoms with Crippen LogP contribution in [0.2, 0.25) is 0 Å². The van der Waals surface area contributed by atoms with Gasteiger partial charge in [-0.15, -0.1) is 0 Å². The number of rotatable bonds is 1. The number of benzene rings is 1. The van der Waals surface area contributed by atoms with Crippen LogP contribution in [-0.4, -0.2) is 43.7 Å². The molecule has 2 saturated heterocycles. The van der Waals surface area contributed by atoms with Crippen molar-refractivity contribution in [2.75, 3.05) is 32.8 Å². The van der Waals surface area contributed by atoms with Crippen LogP contribution in [0.25, 0.3) is 0 Å². The Kier molecular flexibility index (Phi) is 3.66. The zero-order valence-electron chi connectivity index (χ0n) is 10.9. The number of halogens is 2. The number of nitrogens with zero attached hydrogens (tertiary/aromatic N) is 2. The number of hydrogen-bond donors (Lipinski definition) is 1. The predicted molar refractivity (Wildman–Crippen MR) is 68.0 cm³/mol. The van der Waals surface area contributed by atoms with Crippen LogP contribution < -0.4 is 5.32 Å². The van der Waals surface area contributed by atoms with Crippen molar-refractivity contribution in [3.63, 3.8) is 0 Å². The van der Waals surface area contributed by atoms with Gasteiger partial charge in [0.15, 0.2) is 0 Å². The fraction of sp³-hybridized carbons (Fsp3) is 0.500. The number of morpholine rings is 1. The van der Waals surface area contributed by atoms with E-state index in [2.05, 4.69) is 10.2 Å². The Morgan fingerprint density at radius 3 is 3.05 bits per heavy atom. The summed E-state index contributed by atoms with van der Waals surface area (Å²) in [5, 5.41) is 12.1. The Hall–Kier alpha value is -1.55. The van der Waals surface area contributed by atoms with E-state index in [-0.39, 0.29) is 5.56 Å². The van der Waals surface area contributed by atoms with E-state index >= 15 is 0 Å². The summed E-state index contributed by atoms with van der Waals surface area (Å²) in [4.78, 5) is 2.25. The van der Waals surface area contributed by atoms with Crippen LogP contribution in [0.15, 0.2) is 12.1 Å². The maximum Gasteiger partial charge on any atom is 0.149 e. The summed E-state index contributed by atoms with van der Waals surface area (Å²) in [7, 11) is 0. The van der Waals surface area contributed by atoms with Gasteiger partial charge in [-0.2, -0.15) is 5.26 Å². The minimum Gasteiger partial charge on any atom is -0.370 e. The molecule has 20 heavy (non-hydrogen) atoms. The van der Waals surface area contributed by atoms with Gasteiger partial charge in [0.1, 0.15) is 23.3 Å². The summed E-state index contributed by atoms with van der Waals surface area (Å²) >= 11 is 0. The third kappa shape index (κ3) is 2.29. The molecule has 3 rings (SSSR count). The number of ether oxygens (including phenoxy) is 1. The van der Waals surface area contributed by atoms with Crippen molar-refractivity contribution in [3.05, 3.63) is 34.9 Å². The molecule has 0 aromatic heterocycles. The van der Waals surface area contributed by atoms with Gasteiger partial charge in [-0.25, -0.2) is 8.78 Å². The molecule has 2 aliphatic rings. The van der Waals surface area contributed by atoms with Crippen molar-refractivity contribution in [3.8, 4) is 6.07 Å². The highest BCUT2D eigenvalue weighted by atomic mass is 19.1. The lowest BCUT2D eigenvalue weighted by atomic mass is 10.0. The Morgan fingerprint density at radius 2 is 2.25 bits per heavy atom.